The van der Waals surface area contributed by atoms with Gasteiger partial charge in [-0.25, -0.2) is 0 Å². The van der Waals surface area contributed by atoms with E-state index in [-0.39, 0.29) is 5.78 Å². The fourth-order valence-corrected chi connectivity index (χ4v) is 2.46. The third kappa shape index (κ3) is 5.54. The Morgan fingerprint density at radius 3 is 2.56 bits per heavy atom. The summed E-state index contributed by atoms with van der Waals surface area (Å²) in [6, 6.07) is 7.98. The van der Waals surface area contributed by atoms with E-state index in [1.807, 2.05) is 30.3 Å². The number of hydrogen-bond acceptors (Lipinski definition) is 2. The molecule has 0 atom stereocenters. The highest BCUT2D eigenvalue weighted by molar-refractivity contribution is 7.99. The van der Waals surface area contributed by atoms with Crippen LogP contribution in [0.25, 0.3) is 0 Å². The third-order valence-corrected chi connectivity index (χ3v) is 3.69. The van der Waals surface area contributed by atoms with Crippen molar-refractivity contribution in [3.8, 4) is 0 Å². The molecule has 98 valence electrons. The van der Waals surface area contributed by atoms with E-state index in [1.54, 1.807) is 11.8 Å². The Morgan fingerprint density at radius 2 is 1.94 bits per heavy atom. The topological polar surface area (TPSA) is 17.1 Å². The fraction of sp³-hybridized carbons (Fsp3) is 0.438. The molecule has 0 spiro atoms. The normalized spacial score (nSPS) is 10.3. The van der Waals surface area contributed by atoms with E-state index in [4.69, 9.17) is 0 Å². The number of benzene rings is 1. The Labute approximate surface area is 115 Å². The Balaban J connectivity index is 2.34. The first-order valence-corrected chi connectivity index (χ1v) is 7.63. The molecule has 0 radical (unpaired) electrons. The average molecular weight is 262 g/mol. The van der Waals surface area contributed by atoms with Crippen LogP contribution in [0.5, 0.6) is 0 Å². The first-order chi connectivity index (χ1) is 8.77. The lowest BCUT2D eigenvalue weighted by Gasteiger charge is -2.03. The van der Waals surface area contributed by atoms with Gasteiger partial charge < -0.3 is 0 Å². The van der Waals surface area contributed by atoms with E-state index in [0.717, 1.165) is 37.0 Å². The SMILES string of the molecule is C=CCCCCCC(=O)c1ccc(SCC)cc1. The Kier molecular flexibility index (Phi) is 7.51. The maximum absolute atomic E-state index is 11.9. The van der Waals surface area contributed by atoms with Crippen molar-refractivity contribution >= 4 is 17.5 Å². The van der Waals surface area contributed by atoms with Gasteiger partial charge in [-0.05, 0) is 37.1 Å². The summed E-state index contributed by atoms with van der Waals surface area (Å²) in [5.41, 5.74) is 0.846. The molecule has 0 aliphatic heterocycles. The predicted octanol–water partition coefficient (Wildman–Crippen LogP) is 5.12. The summed E-state index contributed by atoms with van der Waals surface area (Å²) in [5.74, 6) is 1.33. The van der Waals surface area contributed by atoms with Crippen LogP contribution in [0.3, 0.4) is 0 Å². The number of allylic oxidation sites excluding steroid dienone is 1. The molecule has 0 heterocycles. The molecule has 0 fully saturated rings. The van der Waals surface area contributed by atoms with Crippen molar-refractivity contribution in [2.75, 3.05) is 5.75 Å². The van der Waals surface area contributed by atoms with Gasteiger partial charge in [-0.3, -0.25) is 4.79 Å². The Bertz CT molecular complexity index is 367. The molecule has 0 saturated carbocycles. The molecule has 0 unspecified atom stereocenters. The number of unbranched alkanes of at least 4 members (excludes halogenated alkanes) is 3. The van der Waals surface area contributed by atoms with Crippen molar-refractivity contribution in [3.63, 3.8) is 0 Å². The lowest BCUT2D eigenvalue weighted by molar-refractivity contribution is 0.0979. The van der Waals surface area contributed by atoms with E-state index in [9.17, 15) is 4.79 Å². The highest BCUT2D eigenvalue weighted by Crippen LogP contribution is 2.18. The van der Waals surface area contributed by atoms with Gasteiger partial charge in [-0.2, -0.15) is 0 Å². The highest BCUT2D eigenvalue weighted by Gasteiger charge is 2.05. The zero-order valence-corrected chi connectivity index (χ0v) is 12.0. The summed E-state index contributed by atoms with van der Waals surface area (Å²) in [6.07, 6.45) is 6.89. The maximum Gasteiger partial charge on any atom is 0.162 e. The van der Waals surface area contributed by atoms with Crippen molar-refractivity contribution in [1.29, 1.82) is 0 Å². The number of carbonyl (C=O) groups is 1. The van der Waals surface area contributed by atoms with Crippen molar-refractivity contribution in [2.24, 2.45) is 0 Å². The summed E-state index contributed by atoms with van der Waals surface area (Å²) in [7, 11) is 0. The Hall–Kier alpha value is -1.02. The quantitative estimate of drug-likeness (QED) is 0.266. The van der Waals surface area contributed by atoms with Crippen LogP contribution >= 0.6 is 11.8 Å². The lowest BCUT2D eigenvalue weighted by Crippen LogP contribution is -1.98. The van der Waals surface area contributed by atoms with Gasteiger partial charge >= 0.3 is 0 Å². The molecule has 1 aromatic carbocycles. The standard InChI is InChI=1S/C16H22OS/c1-3-5-6-7-8-9-16(17)14-10-12-15(13-11-14)18-4-2/h3,10-13H,1,4-9H2,2H3. The van der Waals surface area contributed by atoms with Crippen LogP contribution in [0.15, 0.2) is 41.8 Å². The molecular formula is C16H22OS. The van der Waals surface area contributed by atoms with Crippen LogP contribution in [0.4, 0.5) is 0 Å². The molecule has 0 N–H and O–H groups in total. The molecular weight excluding hydrogens is 240 g/mol. The number of thioether (sulfide) groups is 1. The lowest BCUT2D eigenvalue weighted by atomic mass is 10.0. The number of carbonyl (C=O) groups excluding carboxylic acids is 1. The third-order valence-electron chi connectivity index (χ3n) is 2.80. The van der Waals surface area contributed by atoms with E-state index in [1.165, 1.54) is 4.90 Å². The molecule has 0 aliphatic carbocycles. The van der Waals surface area contributed by atoms with Gasteiger partial charge in [0.15, 0.2) is 5.78 Å². The molecule has 0 saturated heterocycles. The van der Waals surface area contributed by atoms with Gasteiger partial charge in [0.05, 0.1) is 0 Å². The number of ketones is 1. The van der Waals surface area contributed by atoms with Crippen molar-refractivity contribution in [2.45, 2.75) is 43.9 Å². The van der Waals surface area contributed by atoms with Gasteiger partial charge in [0, 0.05) is 16.9 Å². The van der Waals surface area contributed by atoms with Gasteiger partial charge in [0.2, 0.25) is 0 Å². The van der Waals surface area contributed by atoms with E-state index in [2.05, 4.69) is 13.5 Å². The number of hydrogen-bond donors (Lipinski definition) is 0. The predicted molar refractivity (Wildman–Crippen MR) is 80.5 cm³/mol. The van der Waals surface area contributed by atoms with Crippen molar-refractivity contribution in [1.82, 2.24) is 0 Å². The van der Waals surface area contributed by atoms with Crippen LogP contribution < -0.4 is 0 Å². The van der Waals surface area contributed by atoms with Crippen LogP contribution in [-0.4, -0.2) is 11.5 Å². The highest BCUT2D eigenvalue weighted by atomic mass is 32.2. The smallest absolute Gasteiger partial charge is 0.162 e. The van der Waals surface area contributed by atoms with Gasteiger partial charge in [-0.15, -0.1) is 18.3 Å². The molecule has 1 rings (SSSR count). The Morgan fingerprint density at radius 1 is 1.22 bits per heavy atom. The second kappa shape index (κ2) is 8.98. The van der Waals surface area contributed by atoms with Crippen molar-refractivity contribution in [3.05, 3.63) is 42.5 Å². The monoisotopic (exact) mass is 262 g/mol. The van der Waals surface area contributed by atoms with Crippen molar-refractivity contribution < 1.29 is 4.79 Å². The molecule has 1 nitrogen and oxygen atoms in total. The van der Waals surface area contributed by atoms with Gasteiger partial charge in [-0.1, -0.05) is 31.6 Å². The largest absolute Gasteiger partial charge is 0.294 e. The molecule has 0 amide bonds. The summed E-state index contributed by atoms with van der Waals surface area (Å²) >= 11 is 1.80. The molecule has 0 aromatic heterocycles. The second-order valence-electron chi connectivity index (χ2n) is 4.27. The molecule has 0 aliphatic rings. The summed E-state index contributed by atoms with van der Waals surface area (Å²) < 4.78 is 0. The number of rotatable bonds is 9. The van der Waals surface area contributed by atoms with Crippen LogP contribution in [0.1, 0.15) is 49.4 Å². The summed E-state index contributed by atoms with van der Waals surface area (Å²) in [4.78, 5) is 13.2. The molecule has 0 bridgehead atoms. The summed E-state index contributed by atoms with van der Waals surface area (Å²) in [6.45, 7) is 5.83. The van der Waals surface area contributed by atoms with Gasteiger partial charge in [0.1, 0.15) is 0 Å². The van der Waals surface area contributed by atoms with Crippen LogP contribution in [0.2, 0.25) is 0 Å². The molecule has 1 aromatic rings. The second-order valence-corrected chi connectivity index (χ2v) is 5.61. The van der Waals surface area contributed by atoms with E-state index >= 15 is 0 Å². The van der Waals surface area contributed by atoms with Crippen LogP contribution in [0, 0.1) is 0 Å². The average Bonchev–Trinajstić information content (AvgIpc) is 2.39. The number of Topliss-reactive ketones (excluding diaryl/α,β-unsaturated/α-hetero) is 1. The fourth-order valence-electron chi connectivity index (χ4n) is 1.80. The zero-order chi connectivity index (χ0) is 13.2. The minimum atomic E-state index is 0.265. The zero-order valence-electron chi connectivity index (χ0n) is 11.2. The van der Waals surface area contributed by atoms with Crippen LogP contribution in [-0.2, 0) is 0 Å². The van der Waals surface area contributed by atoms with E-state index in [0.29, 0.717) is 6.42 Å². The summed E-state index contributed by atoms with van der Waals surface area (Å²) in [5, 5.41) is 0. The maximum atomic E-state index is 11.9. The first-order valence-electron chi connectivity index (χ1n) is 6.65. The minimum absolute atomic E-state index is 0.265. The first kappa shape index (κ1) is 15.0. The molecule has 18 heavy (non-hydrogen) atoms. The van der Waals surface area contributed by atoms with Gasteiger partial charge in [0.25, 0.3) is 0 Å². The minimum Gasteiger partial charge on any atom is -0.294 e. The van der Waals surface area contributed by atoms with E-state index < -0.39 is 0 Å². The molecule has 2 heteroatoms.